The molecule has 0 aliphatic carbocycles. The van der Waals surface area contributed by atoms with E-state index in [2.05, 4.69) is 19.5 Å². The quantitative estimate of drug-likeness (QED) is 0.139. The predicted octanol–water partition coefficient (Wildman–Crippen LogP) is -4.11. The number of nitrogen functional groups attached to an aromatic ring is 1. The average Bonchev–Trinajstić information content (AvgIpc) is 3.41. The molecule has 1 unspecified atom stereocenters. The lowest BCUT2D eigenvalue weighted by Crippen LogP contribution is -2.58. The van der Waals surface area contributed by atoms with Crippen molar-refractivity contribution < 1.29 is 67.7 Å². The largest absolute Gasteiger partial charge is 0.470 e. The molecule has 0 radical (unpaired) electrons. The van der Waals surface area contributed by atoms with Crippen molar-refractivity contribution in [2.45, 2.75) is 48.5 Å². The highest BCUT2D eigenvalue weighted by molar-refractivity contribution is 7.46. The van der Waals surface area contributed by atoms with Crippen molar-refractivity contribution in [3.63, 3.8) is 0 Å². The molecule has 0 spiro atoms. The van der Waals surface area contributed by atoms with Crippen LogP contribution in [0.4, 0.5) is 5.82 Å². The smallest absolute Gasteiger partial charge is 0.394 e. The first-order valence-corrected chi connectivity index (χ1v) is 13.1. The Labute approximate surface area is 200 Å². The zero-order valence-electron chi connectivity index (χ0n) is 17.9. The first-order valence-electron chi connectivity index (χ1n) is 10.1. The summed E-state index contributed by atoms with van der Waals surface area (Å²) >= 11 is 0. The minimum atomic E-state index is -5.45. The van der Waals surface area contributed by atoms with Crippen LogP contribution in [0.2, 0.25) is 0 Å². The molecule has 0 bridgehead atoms. The second-order valence-electron chi connectivity index (χ2n) is 8.01. The van der Waals surface area contributed by atoms with Crippen molar-refractivity contribution in [3.05, 3.63) is 12.7 Å². The number of aromatic nitrogens is 4. The summed E-state index contributed by atoms with van der Waals surface area (Å²) in [6.45, 7) is -1.82. The summed E-state index contributed by atoms with van der Waals surface area (Å²) in [7, 11) is -10.6. The summed E-state index contributed by atoms with van der Waals surface area (Å²) < 4.78 is 44.8. The lowest BCUT2D eigenvalue weighted by atomic mass is 9.92. The third kappa shape index (κ3) is 4.80. The molecule has 0 saturated carbocycles. The highest BCUT2D eigenvalue weighted by Crippen LogP contribution is 2.52. The number of nitrogens with two attached hydrogens (primary N) is 1. The Morgan fingerprint density at radius 1 is 1.03 bits per heavy atom. The molecule has 202 valence electrons. The fourth-order valence-electron chi connectivity index (χ4n) is 4.32. The fourth-order valence-corrected chi connectivity index (χ4v) is 5.23. The van der Waals surface area contributed by atoms with E-state index in [1.54, 1.807) is 0 Å². The molecular formula is C15H23N5O14P2. The number of hydrogen-bond acceptors (Lipinski definition) is 14. The minimum Gasteiger partial charge on any atom is -0.394 e. The van der Waals surface area contributed by atoms with Gasteiger partial charge in [0.2, 0.25) is 5.72 Å². The number of fused-ring (bicyclic) bond motifs is 1. The van der Waals surface area contributed by atoms with Gasteiger partial charge in [0.25, 0.3) is 0 Å². The monoisotopic (exact) mass is 559 g/mol. The number of hydrogen-bond donors (Lipinski definition) is 9. The Bertz CT molecular complexity index is 1200. The maximum Gasteiger partial charge on any atom is 0.470 e. The topological polar surface area (TPSA) is 303 Å². The van der Waals surface area contributed by atoms with Crippen molar-refractivity contribution >= 4 is 32.6 Å². The van der Waals surface area contributed by atoms with Crippen LogP contribution < -0.4 is 5.73 Å². The maximum absolute atomic E-state index is 11.9. The maximum atomic E-state index is 11.9. The van der Waals surface area contributed by atoms with Gasteiger partial charge >= 0.3 is 15.6 Å². The van der Waals surface area contributed by atoms with E-state index in [4.69, 9.17) is 29.5 Å². The molecule has 2 aromatic heterocycles. The molecule has 2 aliphatic heterocycles. The number of nitrogens with zero attached hydrogens (tertiary/aromatic N) is 4. The number of rotatable bonds is 8. The van der Waals surface area contributed by atoms with Crippen LogP contribution in [0.1, 0.15) is 0 Å². The van der Waals surface area contributed by atoms with Crippen molar-refractivity contribution in [3.8, 4) is 0 Å². The third-order valence-electron chi connectivity index (χ3n) is 5.79. The summed E-state index contributed by atoms with van der Waals surface area (Å²) in [6.07, 6.45) is -10.9. The third-order valence-corrected chi connectivity index (χ3v) is 6.77. The van der Waals surface area contributed by atoms with Gasteiger partial charge in [-0.2, -0.15) is 0 Å². The van der Waals surface area contributed by atoms with E-state index in [1.165, 1.54) is 0 Å². The molecule has 2 aliphatic rings. The van der Waals surface area contributed by atoms with Crippen molar-refractivity contribution in [2.24, 2.45) is 0 Å². The van der Waals surface area contributed by atoms with Gasteiger partial charge in [0.05, 0.1) is 19.5 Å². The molecule has 4 heterocycles. The number of aliphatic hydroxyl groups excluding tert-OH is 4. The molecule has 36 heavy (non-hydrogen) atoms. The van der Waals surface area contributed by atoms with Crippen LogP contribution in [0.25, 0.3) is 11.2 Å². The van der Waals surface area contributed by atoms with Gasteiger partial charge in [-0.15, -0.1) is 0 Å². The number of aliphatic hydroxyl groups is 4. The predicted molar refractivity (Wildman–Crippen MR) is 111 cm³/mol. The molecule has 21 heteroatoms. The van der Waals surface area contributed by atoms with Crippen LogP contribution in [0.15, 0.2) is 12.7 Å². The Balaban J connectivity index is 1.94. The van der Waals surface area contributed by atoms with Gasteiger partial charge in [-0.3, -0.25) is 13.6 Å². The molecule has 0 amide bonds. The zero-order chi connectivity index (χ0) is 26.6. The Morgan fingerprint density at radius 2 is 1.72 bits per heavy atom. The summed E-state index contributed by atoms with van der Waals surface area (Å²) in [4.78, 5) is 49.1. The summed E-state index contributed by atoms with van der Waals surface area (Å²) in [5.41, 5.74) is 3.06. The second kappa shape index (κ2) is 9.57. The Hall–Kier alpha value is -1.67. The van der Waals surface area contributed by atoms with E-state index in [9.17, 15) is 39.3 Å². The van der Waals surface area contributed by atoms with Gasteiger partial charge in [0.1, 0.15) is 54.6 Å². The SMILES string of the molecule is Nc1ncnc2c1ncn2[C@]1(C2O[C@H](CO)[C@@H](O)[C@H]2O)O[C@H](COP(=O)(O)O)[C@@H](O)[C@H]1OP(=O)(O)O. The Morgan fingerprint density at radius 3 is 2.31 bits per heavy atom. The van der Waals surface area contributed by atoms with Crippen molar-refractivity contribution in [1.82, 2.24) is 19.5 Å². The number of ether oxygens (including phenoxy) is 2. The van der Waals surface area contributed by atoms with Gasteiger partial charge in [-0.05, 0) is 0 Å². The number of anilines is 1. The molecule has 0 aromatic carbocycles. The molecular weight excluding hydrogens is 536 g/mol. The molecule has 2 fully saturated rings. The van der Waals surface area contributed by atoms with E-state index >= 15 is 0 Å². The van der Waals surface area contributed by atoms with Crippen LogP contribution in [0.5, 0.6) is 0 Å². The number of phosphoric ester groups is 2. The highest BCUT2D eigenvalue weighted by atomic mass is 31.2. The first-order chi connectivity index (χ1) is 16.7. The summed E-state index contributed by atoms with van der Waals surface area (Å²) in [5.74, 6) is -0.137. The van der Waals surface area contributed by atoms with E-state index in [1.807, 2.05) is 0 Å². The highest BCUT2D eigenvalue weighted by Gasteiger charge is 2.68. The molecule has 2 aromatic rings. The van der Waals surface area contributed by atoms with Crippen LogP contribution in [0.3, 0.4) is 0 Å². The molecule has 8 atom stereocenters. The standard InChI is InChI=1S/C15H23N5O14P2/c16-13-7-14(18-3-17-13)20(4-19-7)15(11-10(24)8(22)5(1-21)32-11)12(34-36(28,29)30)9(23)6(33-15)2-31-35(25,26)27/h3-6,8-12,21-24H,1-2H2,(H2,16,17,18)(H2,25,26,27)(H2,28,29,30)/t5-,6-,8-,9-,10-,11?,12-,15-/m1/s1. The summed E-state index contributed by atoms with van der Waals surface area (Å²) in [6, 6.07) is 0. The molecule has 10 N–H and O–H groups in total. The first kappa shape index (κ1) is 27.4. The number of imidazole rings is 1. The van der Waals surface area contributed by atoms with Crippen LogP contribution in [0, 0.1) is 0 Å². The molecule has 19 nitrogen and oxygen atoms in total. The van der Waals surface area contributed by atoms with E-state index in [0.29, 0.717) is 0 Å². The van der Waals surface area contributed by atoms with E-state index in [-0.39, 0.29) is 17.0 Å². The van der Waals surface area contributed by atoms with Crippen molar-refractivity contribution in [1.29, 1.82) is 0 Å². The van der Waals surface area contributed by atoms with Crippen LogP contribution in [-0.2, 0) is 33.4 Å². The van der Waals surface area contributed by atoms with Gasteiger partial charge in [-0.25, -0.2) is 24.1 Å². The van der Waals surface area contributed by atoms with Crippen LogP contribution in [-0.4, -0.2) is 115 Å². The lowest BCUT2D eigenvalue weighted by molar-refractivity contribution is -0.228. The minimum absolute atomic E-state index is 0.0495. The molecule has 2 saturated heterocycles. The van der Waals surface area contributed by atoms with E-state index < -0.39 is 77.3 Å². The Kier molecular flexibility index (Phi) is 7.28. The normalized spacial score (nSPS) is 35.6. The van der Waals surface area contributed by atoms with Gasteiger partial charge in [-0.1, -0.05) is 0 Å². The number of phosphoric acid groups is 2. The van der Waals surface area contributed by atoms with Gasteiger partial charge < -0.3 is 55.2 Å². The average molecular weight is 559 g/mol. The molecule has 4 rings (SSSR count). The summed E-state index contributed by atoms with van der Waals surface area (Å²) in [5, 5.41) is 41.7. The van der Waals surface area contributed by atoms with Crippen molar-refractivity contribution in [2.75, 3.05) is 18.9 Å². The van der Waals surface area contributed by atoms with Gasteiger partial charge in [0.15, 0.2) is 11.5 Å². The second-order valence-corrected chi connectivity index (χ2v) is 10.4. The van der Waals surface area contributed by atoms with Gasteiger partial charge in [0, 0.05) is 0 Å². The van der Waals surface area contributed by atoms with Crippen LogP contribution >= 0.6 is 15.6 Å². The van der Waals surface area contributed by atoms with E-state index in [0.717, 1.165) is 17.2 Å². The lowest BCUT2D eigenvalue weighted by Gasteiger charge is -2.40. The zero-order valence-corrected chi connectivity index (χ0v) is 19.7. The fraction of sp³-hybridized carbons (Fsp3) is 0.667.